The molecule has 102 valence electrons. The average Bonchev–Trinajstić information content (AvgIpc) is 2.49. The van der Waals surface area contributed by atoms with Gasteiger partial charge >= 0.3 is 0 Å². The van der Waals surface area contributed by atoms with Crippen molar-refractivity contribution in [3.8, 4) is 0 Å². The van der Waals surface area contributed by atoms with Crippen LogP contribution in [0.25, 0.3) is 0 Å². The standard InChI is InChI=1S/C17H22O2/c1-3-13(2)16(14-9-5-4-6-10-14)17(18)15-11-7-8-12-19-15/h4-6,9-11,13,16H,3,7-8,12H2,1-2H3. The van der Waals surface area contributed by atoms with Crippen molar-refractivity contribution in [2.24, 2.45) is 5.92 Å². The van der Waals surface area contributed by atoms with Crippen LogP contribution in [0, 0.1) is 5.92 Å². The second-order valence-electron chi connectivity index (χ2n) is 5.20. The predicted molar refractivity (Wildman–Crippen MR) is 76.9 cm³/mol. The largest absolute Gasteiger partial charge is 0.490 e. The first kappa shape index (κ1) is 13.9. The Morgan fingerprint density at radius 2 is 2.05 bits per heavy atom. The van der Waals surface area contributed by atoms with E-state index in [1.807, 2.05) is 36.4 Å². The first-order chi connectivity index (χ1) is 9.24. The van der Waals surface area contributed by atoms with Gasteiger partial charge in [0.25, 0.3) is 0 Å². The molecule has 0 aliphatic carbocycles. The molecule has 0 bridgehead atoms. The minimum Gasteiger partial charge on any atom is -0.490 e. The van der Waals surface area contributed by atoms with Crippen LogP contribution in [0.3, 0.4) is 0 Å². The van der Waals surface area contributed by atoms with Crippen molar-refractivity contribution in [2.75, 3.05) is 6.61 Å². The molecule has 1 aromatic rings. The number of Topliss-reactive ketones (excluding diaryl/α,β-unsaturated/α-hetero) is 1. The maximum absolute atomic E-state index is 12.7. The summed E-state index contributed by atoms with van der Waals surface area (Å²) >= 11 is 0. The lowest BCUT2D eigenvalue weighted by Crippen LogP contribution is -2.23. The van der Waals surface area contributed by atoms with E-state index in [4.69, 9.17) is 4.74 Å². The highest BCUT2D eigenvalue weighted by atomic mass is 16.5. The van der Waals surface area contributed by atoms with Crippen LogP contribution < -0.4 is 0 Å². The van der Waals surface area contributed by atoms with Crippen molar-refractivity contribution in [2.45, 2.75) is 39.0 Å². The van der Waals surface area contributed by atoms with Gasteiger partial charge < -0.3 is 4.74 Å². The van der Waals surface area contributed by atoms with Crippen LogP contribution in [0.2, 0.25) is 0 Å². The first-order valence-electron chi connectivity index (χ1n) is 7.16. The van der Waals surface area contributed by atoms with Gasteiger partial charge in [0.1, 0.15) is 0 Å². The van der Waals surface area contributed by atoms with E-state index in [1.165, 1.54) is 0 Å². The van der Waals surface area contributed by atoms with Crippen LogP contribution in [-0.2, 0) is 9.53 Å². The van der Waals surface area contributed by atoms with Crippen molar-refractivity contribution >= 4 is 5.78 Å². The third-order valence-electron chi connectivity index (χ3n) is 3.83. The Hall–Kier alpha value is -1.57. The van der Waals surface area contributed by atoms with Crippen molar-refractivity contribution < 1.29 is 9.53 Å². The third kappa shape index (κ3) is 3.25. The molecule has 0 radical (unpaired) electrons. The van der Waals surface area contributed by atoms with Crippen LogP contribution >= 0.6 is 0 Å². The monoisotopic (exact) mass is 258 g/mol. The molecule has 19 heavy (non-hydrogen) atoms. The molecule has 0 fully saturated rings. The van der Waals surface area contributed by atoms with Gasteiger partial charge in [0.2, 0.25) is 5.78 Å². The number of rotatable bonds is 5. The molecule has 1 heterocycles. The van der Waals surface area contributed by atoms with Gasteiger partial charge in [0.05, 0.1) is 12.5 Å². The Morgan fingerprint density at radius 3 is 2.63 bits per heavy atom. The zero-order valence-corrected chi connectivity index (χ0v) is 11.8. The number of allylic oxidation sites excluding steroid dienone is 2. The topological polar surface area (TPSA) is 26.3 Å². The zero-order chi connectivity index (χ0) is 13.7. The molecule has 2 unspecified atom stereocenters. The number of carbonyl (C=O) groups excluding carboxylic acids is 1. The summed E-state index contributed by atoms with van der Waals surface area (Å²) in [7, 11) is 0. The van der Waals surface area contributed by atoms with Gasteiger partial charge in [-0.3, -0.25) is 4.79 Å². The summed E-state index contributed by atoms with van der Waals surface area (Å²) < 4.78 is 5.55. The molecule has 2 heteroatoms. The Labute approximate surface area is 115 Å². The Morgan fingerprint density at radius 1 is 1.32 bits per heavy atom. The quantitative estimate of drug-likeness (QED) is 0.795. The lowest BCUT2D eigenvalue weighted by atomic mass is 9.81. The number of ether oxygens (including phenoxy) is 1. The minimum absolute atomic E-state index is 0.0875. The van der Waals surface area contributed by atoms with E-state index in [-0.39, 0.29) is 11.7 Å². The molecule has 2 atom stereocenters. The highest BCUT2D eigenvalue weighted by Crippen LogP contribution is 2.31. The summed E-state index contributed by atoms with van der Waals surface area (Å²) in [6.45, 7) is 4.93. The second kappa shape index (κ2) is 6.55. The summed E-state index contributed by atoms with van der Waals surface area (Å²) in [4.78, 5) is 12.7. The second-order valence-corrected chi connectivity index (χ2v) is 5.20. The van der Waals surface area contributed by atoms with Crippen LogP contribution in [0.5, 0.6) is 0 Å². The lowest BCUT2D eigenvalue weighted by molar-refractivity contribution is -0.121. The smallest absolute Gasteiger partial charge is 0.204 e. The average molecular weight is 258 g/mol. The summed E-state index contributed by atoms with van der Waals surface area (Å²) in [5.74, 6) is 0.942. The van der Waals surface area contributed by atoms with E-state index in [0.29, 0.717) is 18.3 Å². The summed E-state index contributed by atoms with van der Waals surface area (Å²) in [6, 6.07) is 10.1. The highest BCUT2D eigenvalue weighted by molar-refractivity contribution is 5.99. The van der Waals surface area contributed by atoms with Crippen LogP contribution in [0.4, 0.5) is 0 Å². The van der Waals surface area contributed by atoms with Crippen molar-refractivity contribution in [3.63, 3.8) is 0 Å². The van der Waals surface area contributed by atoms with E-state index in [0.717, 1.165) is 24.8 Å². The van der Waals surface area contributed by atoms with Crippen LogP contribution in [0.15, 0.2) is 42.2 Å². The molecule has 0 amide bonds. The zero-order valence-electron chi connectivity index (χ0n) is 11.8. The predicted octanol–water partition coefficient (Wildman–Crippen LogP) is 4.08. The van der Waals surface area contributed by atoms with E-state index in [2.05, 4.69) is 13.8 Å². The van der Waals surface area contributed by atoms with Crippen molar-refractivity contribution in [1.29, 1.82) is 0 Å². The molecule has 1 aliphatic rings. The molecule has 0 saturated carbocycles. The minimum atomic E-state index is -0.0875. The molecule has 1 aliphatic heterocycles. The highest BCUT2D eigenvalue weighted by Gasteiger charge is 2.29. The number of hydrogen-bond donors (Lipinski definition) is 0. The van der Waals surface area contributed by atoms with Crippen molar-refractivity contribution in [1.82, 2.24) is 0 Å². The third-order valence-corrected chi connectivity index (χ3v) is 3.83. The normalized spacial score (nSPS) is 18.1. The molecule has 2 nitrogen and oxygen atoms in total. The van der Waals surface area contributed by atoms with Gasteiger partial charge in [-0.2, -0.15) is 0 Å². The summed E-state index contributed by atoms with van der Waals surface area (Å²) in [5.41, 5.74) is 1.09. The van der Waals surface area contributed by atoms with Gasteiger partial charge in [-0.05, 0) is 30.4 Å². The molecule has 0 aromatic heterocycles. The van der Waals surface area contributed by atoms with E-state index < -0.39 is 0 Å². The maximum Gasteiger partial charge on any atom is 0.204 e. The van der Waals surface area contributed by atoms with Gasteiger partial charge in [-0.15, -0.1) is 0 Å². The molecule has 1 aromatic carbocycles. The maximum atomic E-state index is 12.7. The number of carbonyl (C=O) groups is 1. The van der Waals surface area contributed by atoms with Crippen LogP contribution in [-0.4, -0.2) is 12.4 Å². The van der Waals surface area contributed by atoms with Crippen molar-refractivity contribution in [3.05, 3.63) is 47.7 Å². The van der Waals surface area contributed by atoms with E-state index in [1.54, 1.807) is 0 Å². The number of hydrogen-bond acceptors (Lipinski definition) is 2. The fourth-order valence-electron chi connectivity index (χ4n) is 2.52. The summed E-state index contributed by atoms with van der Waals surface area (Å²) in [5, 5.41) is 0. The SMILES string of the molecule is CCC(C)C(C(=O)C1=CCCCO1)c1ccccc1. The fourth-order valence-corrected chi connectivity index (χ4v) is 2.52. The summed E-state index contributed by atoms with van der Waals surface area (Å²) in [6.07, 6.45) is 4.89. The fraction of sp³-hybridized carbons (Fsp3) is 0.471. The van der Waals surface area contributed by atoms with Gasteiger partial charge in [-0.25, -0.2) is 0 Å². The molecule has 0 saturated heterocycles. The molecule has 0 N–H and O–H groups in total. The number of benzene rings is 1. The molecular formula is C17H22O2. The van der Waals surface area contributed by atoms with Crippen LogP contribution in [0.1, 0.15) is 44.6 Å². The molecule has 0 spiro atoms. The first-order valence-corrected chi connectivity index (χ1v) is 7.16. The Bertz CT molecular complexity index is 448. The molecular weight excluding hydrogens is 236 g/mol. The Balaban J connectivity index is 2.28. The number of ketones is 1. The lowest BCUT2D eigenvalue weighted by Gasteiger charge is -2.24. The van der Waals surface area contributed by atoms with Gasteiger partial charge in [-0.1, -0.05) is 50.6 Å². The van der Waals surface area contributed by atoms with E-state index >= 15 is 0 Å². The Kier molecular flexibility index (Phi) is 4.78. The van der Waals surface area contributed by atoms with Gasteiger partial charge in [0, 0.05) is 0 Å². The van der Waals surface area contributed by atoms with E-state index in [9.17, 15) is 4.79 Å². The molecule has 2 rings (SSSR count). The van der Waals surface area contributed by atoms with Gasteiger partial charge in [0.15, 0.2) is 5.76 Å².